The Bertz CT molecular complexity index is 458. The van der Waals surface area contributed by atoms with Crippen LogP contribution in [-0.2, 0) is 10.3 Å². The summed E-state index contributed by atoms with van der Waals surface area (Å²) >= 11 is 0. The predicted octanol–water partition coefficient (Wildman–Crippen LogP) is -2.74. The molecule has 0 aliphatic carbocycles. The van der Waals surface area contributed by atoms with Crippen LogP contribution in [0.4, 0.5) is 0 Å². The molecule has 0 amide bonds. The molecule has 14 heavy (non-hydrogen) atoms. The molecule has 1 aromatic rings. The van der Waals surface area contributed by atoms with E-state index in [0.717, 1.165) is 0 Å². The predicted molar refractivity (Wildman–Crippen MR) is 46.0 cm³/mol. The molecule has 0 heterocycles. The van der Waals surface area contributed by atoms with Crippen molar-refractivity contribution >= 4 is 10.3 Å². The molecule has 0 aliphatic rings. The van der Waals surface area contributed by atoms with Gasteiger partial charge in [0.15, 0.2) is 0 Å². The molecular weight excluding hydrogens is 215 g/mol. The van der Waals surface area contributed by atoms with E-state index in [2.05, 4.69) is 9.32 Å². The maximum atomic E-state index is 10.5. The smallest absolute Gasteiger partial charge is 1.00 e. The van der Waals surface area contributed by atoms with Gasteiger partial charge in [0.2, 0.25) is 0 Å². The van der Waals surface area contributed by atoms with E-state index in [1.54, 1.807) is 0 Å². The van der Waals surface area contributed by atoms with Gasteiger partial charge in [0.05, 0.1) is 11.6 Å². The van der Waals surface area contributed by atoms with Crippen molar-refractivity contribution in [2.45, 2.75) is 0 Å². The maximum absolute atomic E-state index is 10.5. The molecule has 7 heteroatoms. The first-order chi connectivity index (χ1) is 6.01. The third kappa shape index (κ3) is 4.60. The maximum Gasteiger partial charge on any atom is 1.00 e. The van der Waals surface area contributed by atoms with E-state index in [-0.39, 0.29) is 36.7 Å². The molecule has 0 saturated heterocycles. The van der Waals surface area contributed by atoms with Gasteiger partial charge in [0, 0.05) is 0 Å². The molecule has 5 nitrogen and oxygen atoms in total. The Labute approximate surface area is 106 Å². The molecule has 0 fully saturated rings. The molecule has 2 N–H and O–H groups in total. The van der Waals surface area contributed by atoms with Crippen molar-refractivity contribution < 1.29 is 43.6 Å². The monoisotopic (exact) mass is 222 g/mol. The summed E-state index contributed by atoms with van der Waals surface area (Å²) in [5, 5.41) is 13.1. The molecule has 0 saturated carbocycles. The second kappa shape index (κ2) is 5.34. The van der Waals surface area contributed by atoms with E-state index in [0.29, 0.717) is 5.56 Å². The topological polar surface area (TPSA) is 93.2 Å². The molecule has 0 spiro atoms. The fourth-order valence-electron chi connectivity index (χ4n) is 0.752. The van der Waals surface area contributed by atoms with Crippen LogP contribution in [0.25, 0.3) is 0 Å². The molecular formula is C7H7N2NaO3S. The number of benzene rings is 1. The largest absolute Gasteiger partial charge is 1.00 e. The average Bonchev–Trinajstić information content (AvgIpc) is 2.01. The average molecular weight is 222 g/mol. The zero-order valence-electron chi connectivity index (χ0n) is 8.47. The number of hydrogen-bond acceptors (Lipinski definition) is 4. The van der Waals surface area contributed by atoms with Gasteiger partial charge in [0.25, 0.3) is 0 Å². The van der Waals surface area contributed by atoms with Gasteiger partial charge in [-0.05, 0) is 18.2 Å². The van der Waals surface area contributed by atoms with E-state index in [1.165, 1.54) is 24.3 Å². The van der Waals surface area contributed by atoms with Crippen molar-refractivity contribution in [2.75, 3.05) is 0 Å². The van der Waals surface area contributed by atoms with Gasteiger partial charge in [-0.2, -0.15) is 18.8 Å². The van der Waals surface area contributed by atoms with Crippen molar-refractivity contribution in [1.82, 2.24) is 0 Å². The third-order valence-electron chi connectivity index (χ3n) is 1.18. The first-order valence-corrected chi connectivity index (χ1v) is 4.71. The summed E-state index contributed by atoms with van der Waals surface area (Å²) in [7, 11) is -4.01. The molecule has 0 unspecified atom stereocenters. The fraction of sp³-hybridized carbons (Fsp3) is 0. The Morgan fingerprint density at radius 2 is 2.14 bits per heavy atom. The van der Waals surface area contributed by atoms with Gasteiger partial charge in [0.1, 0.15) is 5.75 Å². The van der Waals surface area contributed by atoms with Crippen molar-refractivity contribution in [3.8, 4) is 11.8 Å². The van der Waals surface area contributed by atoms with E-state index in [9.17, 15) is 8.42 Å². The van der Waals surface area contributed by atoms with Gasteiger partial charge < -0.3 is 5.61 Å². The quantitative estimate of drug-likeness (QED) is 0.549. The summed E-state index contributed by atoms with van der Waals surface area (Å²) in [4.78, 5) is 0. The number of rotatable bonds is 2. The molecule has 1 rings (SSSR count). The number of hydrogen-bond donors (Lipinski definition) is 1. The van der Waals surface area contributed by atoms with Gasteiger partial charge in [-0.15, -0.1) is 0 Å². The van der Waals surface area contributed by atoms with E-state index >= 15 is 0 Å². The normalized spacial score (nSPS) is 9.71. The van der Waals surface area contributed by atoms with E-state index in [4.69, 9.17) is 5.26 Å². The zero-order valence-corrected chi connectivity index (χ0v) is 10.3. The van der Waals surface area contributed by atoms with Crippen LogP contribution in [0.1, 0.15) is 6.99 Å². The van der Waals surface area contributed by atoms with E-state index in [1.807, 2.05) is 6.07 Å². The van der Waals surface area contributed by atoms with Gasteiger partial charge in [-0.3, -0.25) is 0 Å². The molecule has 0 aromatic heterocycles. The van der Waals surface area contributed by atoms with Crippen LogP contribution >= 0.6 is 0 Å². The Morgan fingerprint density at radius 3 is 2.64 bits per heavy atom. The number of nitrogens with zero attached hydrogens (tertiary/aromatic N) is 1. The van der Waals surface area contributed by atoms with Crippen LogP contribution in [0.3, 0.4) is 0 Å². The number of nitriles is 1. The minimum atomic E-state index is -4.01. The van der Waals surface area contributed by atoms with Gasteiger partial charge in [-0.1, -0.05) is 6.07 Å². The first kappa shape index (κ1) is 13.4. The summed E-state index contributed by atoms with van der Waals surface area (Å²) in [5.41, 5.74) is 0.307. The SMILES string of the molecule is N#Cc1cccc(OS(N)(=O)=O)c1.[H-].[Na+]. The molecule has 70 valence electrons. The number of nitrogens with two attached hydrogens (primary N) is 1. The van der Waals surface area contributed by atoms with Gasteiger partial charge in [-0.25, -0.2) is 0 Å². The molecule has 0 bridgehead atoms. The standard InChI is InChI=1S/C7H6N2O3S.Na.H/c8-5-6-2-1-3-7(4-6)12-13(9,10)11;;/h1-4H,(H2,9,10,11);;/q;+1;-1. The van der Waals surface area contributed by atoms with Crippen LogP contribution in [0.5, 0.6) is 5.75 Å². The fourth-order valence-corrected chi connectivity index (χ4v) is 1.12. The van der Waals surface area contributed by atoms with Crippen LogP contribution in [-0.4, -0.2) is 8.42 Å². The molecule has 0 radical (unpaired) electrons. The van der Waals surface area contributed by atoms with Crippen molar-refractivity contribution in [1.29, 1.82) is 5.26 Å². The van der Waals surface area contributed by atoms with Crippen LogP contribution < -0.4 is 38.9 Å². The Balaban J connectivity index is 0. The second-order valence-electron chi connectivity index (χ2n) is 2.22. The summed E-state index contributed by atoms with van der Waals surface area (Å²) in [6, 6.07) is 7.54. The van der Waals surface area contributed by atoms with Crippen molar-refractivity contribution in [2.24, 2.45) is 5.14 Å². The van der Waals surface area contributed by atoms with Crippen LogP contribution in [0.15, 0.2) is 24.3 Å². The van der Waals surface area contributed by atoms with E-state index < -0.39 is 10.3 Å². The van der Waals surface area contributed by atoms with Crippen LogP contribution in [0, 0.1) is 11.3 Å². The van der Waals surface area contributed by atoms with Crippen molar-refractivity contribution in [3.05, 3.63) is 29.8 Å². The minimum Gasteiger partial charge on any atom is -1.00 e. The Kier molecular flexibility index (Phi) is 5.12. The summed E-state index contributed by atoms with van der Waals surface area (Å²) < 4.78 is 25.3. The molecule has 0 atom stereocenters. The summed E-state index contributed by atoms with van der Waals surface area (Å²) in [6.45, 7) is 0. The summed E-state index contributed by atoms with van der Waals surface area (Å²) in [5.74, 6) is 0.0292. The van der Waals surface area contributed by atoms with Crippen LogP contribution in [0.2, 0.25) is 0 Å². The second-order valence-corrected chi connectivity index (χ2v) is 3.37. The third-order valence-corrected chi connectivity index (χ3v) is 1.60. The Morgan fingerprint density at radius 1 is 1.50 bits per heavy atom. The van der Waals surface area contributed by atoms with Crippen molar-refractivity contribution in [3.63, 3.8) is 0 Å². The first-order valence-electron chi connectivity index (χ1n) is 3.23. The Hall–Kier alpha value is -0.580. The molecule has 0 aliphatic heterocycles. The summed E-state index contributed by atoms with van der Waals surface area (Å²) in [6.07, 6.45) is 0. The van der Waals surface area contributed by atoms with Gasteiger partial charge >= 0.3 is 39.9 Å². The molecule has 1 aromatic carbocycles. The minimum absolute atomic E-state index is 0. The zero-order chi connectivity index (χ0) is 9.90.